The van der Waals surface area contributed by atoms with Gasteiger partial charge in [0.05, 0.1) is 10.5 Å². The van der Waals surface area contributed by atoms with Gasteiger partial charge in [0.1, 0.15) is 17.5 Å². The van der Waals surface area contributed by atoms with Crippen molar-refractivity contribution in [3.8, 4) is 11.1 Å². The number of carbonyl (C=O) groups excluding carboxylic acids is 1. The number of hydrogen-bond donors (Lipinski definition) is 0. The molecule has 1 fully saturated rings. The third-order valence-electron chi connectivity index (χ3n) is 6.01. The van der Waals surface area contributed by atoms with Gasteiger partial charge in [0.15, 0.2) is 5.83 Å². The van der Waals surface area contributed by atoms with Gasteiger partial charge in [0.25, 0.3) is 5.91 Å². The van der Waals surface area contributed by atoms with Gasteiger partial charge in [-0.15, -0.1) is 11.8 Å². The number of amides is 1. The molecule has 0 saturated carbocycles. The van der Waals surface area contributed by atoms with Crippen molar-refractivity contribution in [1.82, 2.24) is 14.5 Å². The lowest BCUT2D eigenvalue weighted by Crippen LogP contribution is -2.49. The van der Waals surface area contributed by atoms with Crippen LogP contribution in [0.25, 0.3) is 22.0 Å². The van der Waals surface area contributed by atoms with Gasteiger partial charge in [-0.3, -0.25) is 9.36 Å². The van der Waals surface area contributed by atoms with Crippen molar-refractivity contribution in [3.63, 3.8) is 0 Å². The van der Waals surface area contributed by atoms with Crippen molar-refractivity contribution in [2.24, 2.45) is 0 Å². The lowest BCUT2D eigenvalue weighted by molar-refractivity contribution is -0.128. The minimum atomic E-state index is -1.02. The summed E-state index contributed by atoms with van der Waals surface area (Å²) in [6, 6.07) is 4.94. The first-order valence-electron chi connectivity index (χ1n) is 10.5. The predicted molar refractivity (Wildman–Crippen MR) is 126 cm³/mol. The summed E-state index contributed by atoms with van der Waals surface area (Å²) in [5.74, 6) is -2.25. The average Bonchev–Trinajstić information content (AvgIpc) is 2.81. The van der Waals surface area contributed by atoms with Crippen LogP contribution in [0.5, 0.6) is 0 Å². The van der Waals surface area contributed by atoms with Gasteiger partial charge in [-0.2, -0.15) is 4.98 Å². The van der Waals surface area contributed by atoms with Crippen LogP contribution in [0.15, 0.2) is 46.4 Å². The standard InChI is InChI=1S/C23H18ClF3N4O2S/c1-12(25)22(32)30-6-4-29(5-7-30)21-15-11-16(24)18(14-3-2-13(26)10-17(14)27)20-19(15)31(8-9-34-20)23(33)28-21/h2-3,10-11H,1,4-9H2. The van der Waals surface area contributed by atoms with E-state index < -0.39 is 29.1 Å². The molecule has 1 aromatic heterocycles. The Morgan fingerprint density at radius 2 is 1.85 bits per heavy atom. The first kappa shape index (κ1) is 22.8. The van der Waals surface area contributed by atoms with Crippen LogP contribution in [-0.4, -0.2) is 52.3 Å². The fraction of sp³-hybridized carbons (Fsp3) is 0.261. The summed E-state index contributed by atoms with van der Waals surface area (Å²) in [5, 5.41) is 0.867. The van der Waals surface area contributed by atoms with Crippen molar-refractivity contribution < 1.29 is 18.0 Å². The van der Waals surface area contributed by atoms with E-state index in [9.17, 15) is 22.8 Å². The average molecular weight is 507 g/mol. The molecule has 2 aromatic carbocycles. The summed E-state index contributed by atoms with van der Waals surface area (Å²) < 4.78 is 43.0. The van der Waals surface area contributed by atoms with Crippen molar-refractivity contribution >= 4 is 46.0 Å². The maximum Gasteiger partial charge on any atom is 0.350 e. The number of hydrogen-bond acceptors (Lipinski definition) is 5. The minimum absolute atomic E-state index is 0.147. The van der Waals surface area contributed by atoms with E-state index in [2.05, 4.69) is 11.6 Å². The lowest BCUT2D eigenvalue weighted by Gasteiger charge is -2.36. The van der Waals surface area contributed by atoms with E-state index in [1.54, 1.807) is 10.6 Å². The fourth-order valence-corrected chi connectivity index (χ4v) is 5.99. The molecule has 34 heavy (non-hydrogen) atoms. The highest BCUT2D eigenvalue weighted by Crippen LogP contribution is 2.46. The van der Waals surface area contributed by atoms with Crippen molar-refractivity contribution in [3.05, 3.63) is 63.8 Å². The highest BCUT2D eigenvalue weighted by Gasteiger charge is 2.29. The van der Waals surface area contributed by atoms with Gasteiger partial charge in [-0.25, -0.2) is 18.0 Å². The SMILES string of the molecule is C=C(F)C(=O)N1CCN(c2nc(=O)n3c4c(c(-c5ccc(F)cc5F)c(Cl)cc24)SCC3)CC1. The normalized spacial score (nSPS) is 15.6. The molecule has 0 aliphatic carbocycles. The molecule has 0 spiro atoms. The molecular formula is C23H18ClF3N4O2S. The molecule has 2 aliphatic rings. The molecule has 1 amide bonds. The molecular weight excluding hydrogens is 489 g/mol. The molecule has 0 N–H and O–H groups in total. The van der Waals surface area contributed by atoms with Gasteiger partial charge in [0.2, 0.25) is 0 Å². The van der Waals surface area contributed by atoms with Crippen LogP contribution >= 0.6 is 23.4 Å². The number of rotatable bonds is 3. The number of carbonyl (C=O) groups is 1. The van der Waals surface area contributed by atoms with Crippen LogP contribution in [0.1, 0.15) is 0 Å². The highest BCUT2D eigenvalue weighted by atomic mass is 35.5. The molecule has 0 bridgehead atoms. The summed E-state index contributed by atoms with van der Waals surface area (Å²) >= 11 is 8.09. The van der Waals surface area contributed by atoms with E-state index in [1.165, 1.54) is 22.7 Å². The third-order valence-corrected chi connectivity index (χ3v) is 7.38. The summed E-state index contributed by atoms with van der Waals surface area (Å²) in [5.41, 5.74) is 0.685. The molecule has 5 rings (SSSR count). The molecule has 6 nitrogen and oxygen atoms in total. The lowest BCUT2D eigenvalue weighted by atomic mass is 10.0. The molecule has 0 radical (unpaired) electrons. The van der Waals surface area contributed by atoms with E-state index in [1.807, 2.05) is 4.90 Å². The second kappa shape index (κ2) is 8.66. The van der Waals surface area contributed by atoms with Gasteiger partial charge in [-0.1, -0.05) is 18.2 Å². The molecule has 0 unspecified atom stereocenters. The Bertz CT molecular complexity index is 1420. The van der Waals surface area contributed by atoms with Gasteiger partial charge in [-0.05, 0) is 18.2 Å². The summed E-state index contributed by atoms with van der Waals surface area (Å²) in [4.78, 5) is 33.0. The third kappa shape index (κ3) is 3.74. The number of halogens is 4. The zero-order valence-electron chi connectivity index (χ0n) is 17.8. The maximum absolute atomic E-state index is 14.7. The molecule has 3 heterocycles. The zero-order valence-corrected chi connectivity index (χ0v) is 19.4. The van der Waals surface area contributed by atoms with Gasteiger partial charge >= 0.3 is 5.69 Å². The predicted octanol–water partition coefficient (Wildman–Crippen LogP) is 4.23. The molecule has 1 saturated heterocycles. The van der Waals surface area contributed by atoms with Crippen LogP contribution < -0.4 is 10.6 Å². The summed E-state index contributed by atoms with van der Waals surface area (Å²) in [7, 11) is 0. The Morgan fingerprint density at radius 1 is 1.12 bits per heavy atom. The number of aryl methyl sites for hydroxylation is 1. The van der Waals surface area contributed by atoms with Gasteiger partial charge < -0.3 is 9.80 Å². The second-order valence-corrected chi connectivity index (χ2v) is 9.50. The van der Waals surface area contributed by atoms with Crippen molar-refractivity contribution in [2.45, 2.75) is 11.4 Å². The van der Waals surface area contributed by atoms with Crippen LogP contribution in [0.4, 0.5) is 19.0 Å². The van der Waals surface area contributed by atoms with Crippen LogP contribution in [-0.2, 0) is 11.3 Å². The molecule has 3 aromatic rings. The smallest absolute Gasteiger partial charge is 0.350 e. The Hall–Kier alpha value is -2.98. The first-order chi connectivity index (χ1) is 16.3. The van der Waals surface area contributed by atoms with E-state index in [-0.39, 0.29) is 23.7 Å². The zero-order chi connectivity index (χ0) is 24.1. The number of thioether (sulfide) groups is 1. The van der Waals surface area contributed by atoms with Crippen LogP contribution in [0, 0.1) is 11.6 Å². The number of nitrogens with zero attached hydrogens (tertiary/aromatic N) is 4. The van der Waals surface area contributed by atoms with Gasteiger partial charge in [0, 0.05) is 66.0 Å². The van der Waals surface area contributed by atoms with Crippen LogP contribution in [0.2, 0.25) is 5.02 Å². The number of piperazine rings is 1. The first-order valence-corrected chi connectivity index (χ1v) is 11.9. The largest absolute Gasteiger partial charge is 0.352 e. The Kier molecular flexibility index (Phi) is 5.81. The Labute approximate surface area is 201 Å². The van der Waals surface area contributed by atoms with E-state index in [0.29, 0.717) is 52.6 Å². The molecule has 176 valence electrons. The number of benzene rings is 2. The van der Waals surface area contributed by atoms with E-state index in [4.69, 9.17) is 11.6 Å². The second-order valence-electron chi connectivity index (χ2n) is 7.99. The molecule has 0 atom stereocenters. The monoisotopic (exact) mass is 506 g/mol. The van der Waals surface area contributed by atoms with E-state index in [0.717, 1.165) is 12.1 Å². The maximum atomic E-state index is 14.7. The quantitative estimate of drug-likeness (QED) is 0.498. The molecule has 11 heteroatoms. The summed E-state index contributed by atoms with van der Waals surface area (Å²) in [6.07, 6.45) is 0. The number of aromatic nitrogens is 2. The highest BCUT2D eigenvalue weighted by molar-refractivity contribution is 7.99. The van der Waals surface area contributed by atoms with Crippen LogP contribution in [0.3, 0.4) is 0 Å². The Balaban J connectivity index is 1.65. The summed E-state index contributed by atoms with van der Waals surface area (Å²) in [6.45, 7) is 4.62. The topological polar surface area (TPSA) is 58.4 Å². The Morgan fingerprint density at radius 3 is 2.53 bits per heavy atom. The number of anilines is 1. The van der Waals surface area contributed by atoms with Crippen molar-refractivity contribution in [2.75, 3.05) is 36.8 Å². The van der Waals surface area contributed by atoms with E-state index >= 15 is 0 Å². The molecule has 2 aliphatic heterocycles. The minimum Gasteiger partial charge on any atom is -0.352 e. The van der Waals surface area contributed by atoms with Crippen molar-refractivity contribution in [1.29, 1.82) is 0 Å². The fourth-order valence-electron chi connectivity index (χ4n) is 4.43.